The minimum Gasteiger partial charge on any atom is -0.502 e. The van der Waals surface area contributed by atoms with Gasteiger partial charge in [-0.25, -0.2) is 0 Å². The van der Waals surface area contributed by atoms with E-state index in [0.717, 1.165) is 22.0 Å². The summed E-state index contributed by atoms with van der Waals surface area (Å²) in [5.74, 6) is 0.172. The zero-order valence-electron chi connectivity index (χ0n) is 14.8. The Balaban J connectivity index is 2.01. The molecule has 134 valence electrons. The van der Waals surface area contributed by atoms with Crippen LogP contribution in [0.4, 0.5) is 0 Å². The number of hydrogen-bond acceptors (Lipinski definition) is 4. The number of aromatic nitrogens is 1. The molecule has 6 nitrogen and oxygen atoms in total. The normalized spacial score (nSPS) is 11.2. The van der Waals surface area contributed by atoms with Gasteiger partial charge in [-0.3, -0.25) is 4.79 Å². The molecular formula is C20H20N2O4. The minimum atomic E-state index is -0.454. The fraction of sp³-hybridized carbons (Fsp3) is 0.150. The van der Waals surface area contributed by atoms with Crippen LogP contribution in [0.15, 0.2) is 36.5 Å². The molecule has 0 saturated heterocycles. The molecule has 0 aliphatic heterocycles. The maximum absolute atomic E-state index is 11.6. The first-order valence-corrected chi connectivity index (χ1v) is 7.96. The molecule has 3 aromatic rings. The van der Waals surface area contributed by atoms with Gasteiger partial charge in [-0.2, -0.15) is 0 Å². The van der Waals surface area contributed by atoms with Crippen LogP contribution < -0.4 is 15.2 Å². The van der Waals surface area contributed by atoms with Crippen molar-refractivity contribution in [3.63, 3.8) is 0 Å². The number of aromatic hydroxyl groups is 1. The number of primary amides is 1. The Bertz CT molecular complexity index is 993. The fourth-order valence-electron chi connectivity index (χ4n) is 2.91. The first kappa shape index (κ1) is 17.4. The lowest BCUT2D eigenvalue weighted by Gasteiger charge is -2.09. The molecule has 3 N–H and O–H groups in total. The van der Waals surface area contributed by atoms with E-state index in [1.165, 1.54) is 14.2 Å². The van der Waals surface area contributed by atoms with Gasteiger partial charge in [0.05, 0.1) is 19.8 Å². The van der Waals surface area contributed by atoms with Crippen molar-refractivity contribution in [2.75, 3.05) is 14.2 Å². The molecule has 1 aromatic heterocycles. The number of phenols is 1. The van der Waals surface area contributed by atoms with Gasteiger partial charge in [0.25, 0.3) is 5.91 Å². The summed E-state index contributed by atoms with van der Waals surface area (Å²) in [7, 11) is 4.84. The van der Waals surface area contributed by atoms with Crippen LogP contribution in [-0.4, -0.2) is 29.8 Å². The second kappa shape index (κ2) is 6.84. The molecule has 2 aromatic carbocycles. The van der Waals surface area contributed by atoms with Crippen LogP contribution in [0.25, 0.3) is 23.1 Å². The van der Waals surface area contributed by atoms with Crippen molar-refractivity contribution in [1.82, 2.24) is 4.57 Å². The van der Waals surface area contributed by atoms with Crippen LogP contribution in [0, 0.1) is 0 Å². The summed E-state index contributed by atoms with van der Waals surface area (Å²) < 4.78 is 12.2. The lowest BCUT2D eigenvalue weighted by Crippen LogP contribution is -2.10. The van der Waals surface area contributed by atoms with Gasteiger partial charge in [-0.1, -0.05) is 18.2 Å². The summed E-state index contributed by atoms with van der Waals surface area (Å²) in [6, 6.07) is 9.24. The SMILES string of the molecule is COc1cc(/C=C\c2ccc3c(c2)c(C(N)=O)cn3C)cc(OC)c1O. The summed E-state index contributed by atoms with van der Waals surface area (Å²) in [4.78, 5) is 11.6. The summed E-state index contributed by atoms with van der Waals surface area (Å²) in [6.07, 6.45) is 5.51. The largest absolute Gasteiger partial charge is 0.502 e. The zero-order valence-corrected chi connectivity index (χ0v) is 14.8. The quantitative estimate of drug-likeness (QED) is 0.691. The average Bonchev–Trinajstić information content (AvgIpc) is 2.97. The van der Waals surface area contributed by atoms with Crippen LogP contribution in [0.3, 0.4) is 0 Å². The fourth-order valence-corrected chi connectivity index (χ4v) is 2.91. The van der Waals surface area contributed by atoms with Crippen molar-refractivity contribution in [2.24, 2.45) is 12.8 Å². The Morgan fingerprint density at radius 3 is 2.27 bits per heavy atom. The van der Waals surface area contributed by atoms with E-state index in [-0.39, 0.29) is 5.75 Å². The molecule has 0 spiro atoms. The van der Waals surface area contributed by atoms with Crippen molar-refractivity contribution in [2.45, 2.75) is 0 Å². The second-order valence-electron chi connectivity index (χ2n) is 5.90. The predicted molar refractivity (Wildman–Crippen MR) is 102 cm³/mol. The minimum absolute atomic E-state index is 0.0380. The zero-order chi connectivity index (χ0) is 18.8. The van der Waals surface area contributed by atoms with Gasteiger partial charge >= 0.3 is 0 Å². The topological polar surface area (TPSA) is 86.7 Å². The lowest BCUT2D eigenvalue weighted by atomic mass is 10.1. The van der Waals surface area contributed by atoms with Crippen LogP contribution in [0.5, 0.6) is 17.2 Å². The maximum atomic E-state index is 11.6. The summed E-state index contributed by atoms with van der Waals surface area (Å²) in [6.45, 7) is 0. The predicted octanol–water partition coefficient (Wildman–Crippen LogP) is 3.17. The molecule has 26 heavy (non-hydrogen) atoms. The first-order valence-electron chi connectivity index (χ1n) is 7.96. The highest BCUT2D eigenvalue weighted by Gasteiger charge is 2.12. The van der Waals surface area contributed by atoms with Crippen molar-refractivity contribution < 1.29 is 19.4 Å². The van der Waals surface area contributed by atoms with E-state index in [1.54, 1.807) is 18.3 Å². The molecule has 0 radical (unpaired) electrons. The van der Waals surface area contributed by atoms with Crippen molar-refractivity contribution >= 4 is 29.0 Å². The Kier molecular flexibility index (Phi) is 4.58. The number of aryl methyl sites for hydroxylation is 1. The van der Waals surface area contributed by atoms with Crippen molar-refractivity contribution in [3.8, 4) is 17.2 Å². The average molecular weight is 352 g/mol. The molecule has 0 aliphatic rings. The van der Waals surface area contributed by atoms with Crippen molar-refractivity contribution in [3.05, 3.63) is 53.2 Å². The number of ether oxygens (including phenoxy) is 2. The van der Waals surface area contributed by atoms with Gasteiger partial charge in [0.15, 0.2) is 11.5 Å². The van der Waals surface area contributed by atoms with Gasteiger partial charge in [0.1, 0.15) is 0 Å². The van der Waals surface area contributed by atoms with E-state index in [1.807, 2.05) is 42.0 Å². The number of nitrogens with two attached hydrogens (primary N) is 1. The van der Waals surface area contributed by atoms with Gasteiger partial charge in [-0.05, 0) is 35.4 Å². The van der Waals surface area contributed by atoms with Crippen LogP contribution >= 0.6 is 0 Å². The highest BCUT2D eigenvalue weighted by atomic mass is 16.5. The number of phenolic OH excluding ortho intramolecular Hbond substituents is 1. The highest BCUT2D eigenvalue weighted by molar-refractivity contribution is 6.06. The number of fused-ring (bicyclic) bond motifs is 1. The molecule has 1 amide bonds. The molecule has 0 fully saturated rings. The number of carbonyl (C=O) groups excluding carboxylic acids is 1. The molecule has 0 unspecified atom stereocenters. The third-order valence-electron chi connectivity index (χ3n) is 4.25. The van der Waals surface area contributed by atoms with E-state index in [4.69, 9.17) is 15.2 Å². The van der Waals surface area contributed by atoms with Crippen LogP contribution in [0.1, 0.15) is 21.5 Å². The van der Waals surface area contributed by atoms with Gasteiger partial charge < -0.3 is 24.9 Å². The first-order chi connectivity index (χ1) is 12.4. The van der Waals surface area contributed by atoms with Crippen LogP contribution in [-0.2, 0) is 7.05 Å². The molecule has 6 heteroatoms. The molecular weight excluding hydrogens is 332 g/mol. The van der Waals surface area contributed by atoms with Gasteiger partial charge in [0.2, 0.25) is 5.75 Å². The molecule has 3 rings (SSSR count). The van der Waals surface area contributed by atoms with E-state index in [2.05, 4.69) is 0 Å². The number of hydrogen-bond donors (Lipinski definition) is 2. The number of benzene rings is 2. The third kappa shape index (κ3) is 3.09. The van der Waals surface area contributed by atoms with Crippen LogP contribution in [0.2, 0.25) is 0 Å². The molecule has 0 atom stereocenters. The number of carbonyl (C=O) groups is 1. The number of nitrogens with zero attached hydrogens (tertiary/aromatic N) is 1. The number of rotatable bonds is 5. The standard InChI is InChI=1S/C20H20N2O4/c1-22-11-15(20(21)24)14-8-12(6-7-16(14)22)4-5-13-9-17(25-2)19(23)18(10-13)26-3/h4-11,23H,1-3H3,(H2,21,24)/b5-4-. The summed E-state index contributed by atoms with van der Waals surface area (Å²) >= 11 is 0. The van der Waals surface area contributed by atoms with E-state index in [0.29, 0.717) is 17.1 Å². The maximum Gasteiger partial charge on any atom is 0.250 e. The summed E-state index contributed by atoms with van der Waals surface area (Å²) in [5, 5.41) is 10.8. The van der Waals surface area contributed by atoms with Crippen molar-refractivity contribution in [1.29, 1.82) is 0 Å². The second-order valence-corrected chi connectivity index (χ2v) is 5.90. The summed E-state index contributed by atoms with van der Waals surface area (Å²) in [5.41, 5.74) is 8.61. The Hall–Kier alpha value is -3.41. The highest BCUT2D eigenvalue weighted by Crippen LogP contribution is 2.37. The van der Waals surface area contributed by atoms with Gasteiger partial charge in [-0.15, -0.1) is 0 Å². The number of methoxy groups -OCH3 is 2. The van der Waals surface area contributed by atoms with E-state index >= 15 is 0 Å². The monoisotopic (exact) mass is 352 g/mol. The Labute approximate surface area is 151 Å². The lowest BCUT2D eigenvalue weighted by molar-refractivity contribution is 0.100. The van der Waals surface area contributed by atoms with E-state index < -0.39 is 5.91 Å². The molecule has 0 saturated carbocycles. The van der Waals surface area contributed by atoms with Gasteiger partial charge in [0, 0.05) is 24.1 Å². The Morgan fingerprint density at radius 1 is 1.08 bits per heavy atom. The van der Waals surface area contributed by atoms with E-state index in [9.17, 15) is 9.90 Å². The third-order valence-corrected chi connectivity index (χ3v) is 4.25. The molecule has 0 bridgehead atoms. The smallest absolute Gasteiger partial charge is 0.250 e. The molecule has 0 aliphatic carbocycles. The molecule has 1 heterocycles. The Morgan fingerprint density at radius 2 is 1.69 bits per heavy atom. The number of amides is 1.